The van der Waals surface area contributed by atoms with E-state index in [0.717, 1.165) is 44.9 Å². The van der Waals surface area contributed by atoms with Gasteiger partial charge in [-0.3, -0.25) is 14.5 Å². The lowest BCUT2D eigenvalue weighted by molar-refractivity contribution is -0.135. The smallest absolute Gasteiger partial charge is 0.236 e. The second kappa shape index (κ2) is 5.63. The predicted octanol–water partition coefficient (Wildman–Crippen LogP) is 0.910. The van der Waals surface area contributed by atoms with Gasteiger partial charge in [0.25, 0.3) is 0 Å². The number of hydrogen-bond donors (Lipinski definition) is 0. The Morgan fingerprint density at radius 1 is 1.18 bits per heavy atom. The van der Waals surface area contributed by atoms with Crippen LogP contribution in [0.5, 0.6) is 0 Å². The summed E-state index contributed by atoms with van der Waals surface area (Å²) in [5.41, 5.74) is 0. The molecule has 0 aromatic rings. The molecule has 96 valence electrons. The van der Waals surface area contributed by atoms with Crippen molar-refractivity contribution in [2.24, 2.45) is 5.92 Å². The van der Waals surface area contributed by atoms with Crippen LogP contribution in [-0.4, -0.2) is 54.2 Å². The molecule has 0 saturated carbocycles. The first-order valence-electron chi connectivity index (χ1n) is 6.67. The molecule has 0 aliphatic carbocycles. The van der Waals surface area contributed by atoms with E-state index in [9.17, 15) is 9.59 Å². The number of Topliss-reactive ketones (excluding diaryl/α,β-unsaturated/α-hetero) is 1. The third-order valence-corrected chi connectivity index (χ3v) is 3.91. The van der Waals surface area contributed by atoms with E-state index in [4.69, 9.17) is 0 Å². The average Bonchev–Trinajstić information content (AvgIpc) is 2.33. The zero-order valence-corrected chi connectivity index (χ0v) is 10.7. The van der Waals surface area contributed by atoms with Crippen LogP contribution in [0.4, 0.5) is 0 Å². The van der Waals surface area contributed by atoms with Crippen LogP contribution in [0.1, 0.15) is 32.6 Å². The van der Waals surface area contributed by atoms with Gasteiger partial charge in [-0.25, -0.2) is 0 Å². The molecule has 2 heterocycles. The molecular formula is C13H22N2O2. The number of rotatable bonds is 2. The minimum absolute atomic E-state index is 0.242. The van der Waals surface area contributed by atoms with Gasteiger partial charge in [0.05, 0.1) is 6.54 Å². The van der Waals surface area contributed by atoms with E-state index in [2.05, 4.69) is 11.8 Å². The van der Waals surface area contributed by atoms with Gasteiger partial charge >= 0.3 is 0 Å². The fraction of sp³-hybridized carbons (Fsp3) is 0.846. The number of nitrogens with zero attached hydrogens (tertiary/aromatic N) is 2. The lowest BCUT2D eigenvalue weighted by atomic mass is 9.99. The molecule has 2 saturated heterocycles. The molecule has 2 aliphatic rings. The van der Waals surface area contributed by atoms with Crippen molar-refractivity contribution in [1.82, 2.24) is 9.80 Å². The highest BCUT2D eigenvalue weighted by atomic mass is 16.2. The van der Waals surface area contributed by atoms with Gasteiger partial charge < -0.3 is 4.90 Å². The van der Waals surface area contributed by atoms with Gasteiger partial charge in [0, 0.05) is 39.0 Å². The molecule has 0 aromatic carbocycles. The molecule has 0 atom stereocenters. The van der Waals surface area contributed by atoms with Crippen LogP contribution < -0.4 is 0 Å². The molecule has 0 N–H and O–H groups in total. The van der Waals surface area contributed by atoms with E-state index in [1.54, 1.807) is 0 Å². The molecule has 0 radical (unpaired) electrons. The van der Waals surface area contributed by atoms with Gasteiger partial charge in [-0.05, 0) is 18.8 Å². The lowest BCUT2D eigenvalue weighted by Gasteiger charge is -2.33. The number of amides is 1. The Morgan fingerprint density at radius 3 is 2.35 bits per heavy atom. The Kier molecular flexibility index (Phi) is 4.15. The summed E-state index contributed by atoms with van der Waals surface area (Å²) in [6.07, 6.45) is 3.49. The molecule has 1 amide bonds. The van der Waals surface area contributed by atoms with Crippen LogP contribution in [0.25, 0.3) is 0 Å². The summed E-state index contributed by atoms with van der Waals surface area (Å²) in [6.45, 7) is 6.09. The molecule has 4 heteroatoms. The number of carbonyl (C=O) groups is 2. The van der Waals surface area contributed by atoms with Crippen molar-refractivity contribution in [1.29, 1.82) is 0 Å². The summed E-state index contributed by atoms with van der Waals surface area (Å²) >= 11 is 0. The lowest BCUT2D eigenvalue weighted by Crippen LogP contribution is -2.46. The summed E-state index contributed by atoms with van der Waals surface area (Å²) in [5, 5.41) is 0. The predicted molar refractivity (Wildman–Crippen MR) is 65.7 cm³/mol. The van der Waals surface area contributed by atoms with Crippen molar-refractivity contribution in [3.05, 3.63) is 0 Å². The highest BCUT2D eigenvalue weighted by Gasteiger charge is 2.23. The summed E-state index contributed by atoms with van der Waals surface area (Å²) in [7, 11) is 0. The third kappa shape index (κ3) is 3.53. The van der Waals surface area contributed by atoms with Gasteiger partial charge in [0.15, 0.2) is 0 Å². The first-order chi connectivity index (χ1) is 8.15. The average molecular weight is 238 g/mol. The molecule has 0 bridgehead atoms. The van der Waals surface area contributed by atoms with Gasteiger partial charge in [0.2, 0.25) is 5.91 Å². The van der Waals surface area contributed by atoms with Gasteiger partial charge in [0.1, 0.15) is 5.78 Å². The summed E-state index contributed by atoms with van der Waals surface area (Å²) in [5.74, 6) is 1.33. The number of piperidine rings is 2. The van der Waals surface area contributed by atoms with Crippen LogP contribution in [0, 0.1) is 5.92 Å². The van der Waals surface area contributed by atoms with Crippen LogP contribution in [0.3, 0.4) is 0 Å². The fourth-order valence-corrected chi connectivity index (χ4v) is 2.51. The highest BCUT2D eigenvalue weighted by molar-refractivity contribution is 5.81. The Balaban J connectivity index is 1.75. The van der Waals surface area contributed by atoms with Gasteiger partial charge in [-0.1, -0.05) is 6.92 Å². The SMILES string of the molecule is CC1CCN(C(=O)CN2CCC(=O)CC2)CC1. The Hall–Kier alpha value is -0.900. The molecule has 2 rings (SSSR count). The van der Waals surface area contributed by atoms with Gasteiger partial charge in [-0.2, -0.15) is 0 Å². The van der Waals surface area contributed by atoms with E-state index in [-0.39, 0.29) is 5.91 Å². The monoisotopic (exact) mass is 238 g/mol. The molecule has 17 heavy (non-hydrogen) atoms. The van der Waals surface area contributed by atoms with Crippen LogP contribution in [0.2, 0.25) is 0 Å². The maximum absolute atomic E-state index is 12.1. The summed E-state index contributed by atoms with van der Waals surface area (Å²) in [4.78, 5) is 27.3. The van der Waals surface area contributed by atoms with E-state index in [1.165, 1.54) is 0 Å². The number of ketones is 1. The zero-order valence-electron chi connectivity index (χ0n) is 10.7. The molecular weight excluding hydrogens is 216 g/mol. The van der Waals surface area contributed by atoms with Gasteiger partial charge in [-0.15, -0.1) is 0 Å². The standard InChI is InChI=1S/C13H22N2O2/c1-11-2-8-15(9-3-11)13(17)10-14-6-4-12(16)5-7-14/h11H,2-10H2,1H3. The minimum Gasteiger partial charge on any atom is -0.342 e. The summed E-state index contributed by atoms with van der Waals surface area (Å²) in [6, 6.07) is 0. The first-order valence-corrected chi connectivity index (χ1v) is 6.67. The van der Waals surface area contributed by atoms with Crippen molar-refractivity contribution in [3.63, 3.8) is 0 Å². The fourth-order valence-electron chi connectivity index (χ4n) is 2.51. The molecule has 0 unspecified atom stereocenters. The van der Waals surface area contributed by atoms with E-state index in [0.29, 0.717) is 25.2 Å². The maximum atomic E-state index is 12.1. The van der Waals surface area contributed by atoms with E-state index in [1.807, 2.05) is 4.90 Å². The number of hydrogen-bond acceptors (Lipinski definition) is 3. The second-order valence-corrected chi connectivity index (χ2v) is 5.38. The third-order valence-electron chi connectivity index (χ3n) is 3.91. The molecule has 2 aliphatic heterocycles. The first kappa shape index (κ1) is 12.6. The van der Waals surface area contributed by atoms with Crippen molar-refractivity contribution < 1.29 is 9.59 Å². The van der Waals surface area contributed by atoms with Crippen molar-refractivity contribution in [3.8, 4) is 0 Å². The van der Waals surface area contributed by atoms with E-state index >= 15 is 0 Å². The van der Waals surface area contributed by atoms with Crippen molar-refractivity contribution >= 4 is 11.7 Å². The molecule has 4 nitrogen and oxygen atoms in total. The van der Waals surface area contributed by atoms with E-state index < -0.39 is 0 Å². The van der Waals surface area contributed by atoms with Crippen LogP contribution in [0.15, 0.2) is 0 Å². The quantitative estimate of drug-likeness (QED) is 0.718. The number of carbonyl (C=O) groups excluding carboxylic acids is 2. The molecule has 0 aromatic heterocycles. The Bertz CT molecular complexity index is 286. The minimum atomic E-state index is 0.242. The van der Waals surface area contributed by atoms with Crippen LogP contribution >= 0.6 is 0 Å². The van der Waals surface area contributed by atoms with Crippen molar-refractivity contribution in [2.45, 2.75) is 32.6 Å². The summed E-state index contributed by atoms with van der Waals surface area (Å²) < 4.78 is 0. The Morgan fingerprint density at radius 2 is 1.76 bits per heavy atom. The topological polar surface area (TPSA) is 40.6 Å². The zero-order chi connectivity index (χ0) is 12.3. The molecule has 0 spiro atoms. The normalized spacial score (nSPS) is 24.1. The van der Waals surface area contributed by atoms with Crippen LogP contribution in [-0.2, 0) is 9.59 Å². The Labute approximate surface area is 103 Å². The van der Waals surface area contributed by atoms with Crippen molar-refractivity contribution in [2.75, 3.05) is 32.7 Å². The second-order valence-electron chi connectivity index (χ2n) is 5.38. The maximum Gasteiger partial charge on any atom is 0.236 e. The highest BCUT2D eigenvalue weighted by Crippen LogP contribution is 2.16. The molecule has 2 fully saturated rings. The number of likely N-dealkylation sites (tertiary alicyclic amines) is 2. The largest absolute Gasteiger partial charge is 0.342 e.